The number of aliphatic hydroxyl groups is 1. The highest BCUT2D eigenvalue weighted by molar-refractivity contribution is 6.33. The molecule has 0 aromatic carbocycles. The second-order valence-corrected chi connectivity index (χ2v) is 4.46. The molecule has 1 amide bonds. The van der Waals surface area contributed by atoms with E-state index in [9.17, 15) is 4.79 Å². The Morgan fingerprint density at radius 2 is 2.38 bits per heavy atom. The average molecular weight is 241 g/mol. The molecule has 1 aromatic heterocycles. The van der Waals surface area contributed by atoms with Crippen LogP contribution in [-0.4, -0.2) is 28.6 Å². The number of pyridine rings is 1. The number of nitrogens with zero attached hydrogens (tertiary/aromatic N) is 1. The van der Waals surface area contributed by atoms with E-state index in [-0.39, 0.29) is 12.0 Å². The SMILES string of the molecule is O=C(NCC1CC(O)C1)c1ccncc1Cl. The zero-order valence-corrected chi connectivity index (χ0v) is 9.44. The summed E-state index contributed by atoms with van der Waals surface area (Å²) in [5.74, 6) is 0.202. The highest BCUT2D eigenvalue weighted by Crippen LogP contribution is 2.26. The Kier molecular flexibility index (Phi) is 3.41. The van der Waals surface area contributed by atoms with Crippen molar-refractivity contribution in [1.82, 2.24) is 10.3 Å². The van der Waals surface area contributed by atoms with E-state index in [1.807, 2.05) is 0 Å². The van der Waals surface area contributed by atoms with Crippen molar-refractivity contribution in [3.05, 3.63) is 29.0 Å². The molecular weight excluding hydrogens is 228 g/mol. The largest absolute Gasteiger partial charge is 0.393 e. The van der Waals surface area contributed by atoms with Gasteiger partial charge in [-0.3, -0.25) is 9.78 Å². The fourth-order valence-electron chi connectivity index (χ4n) is 1.76. The molecule has 0 radical (unpaired) electrons. The highest BCUT2D eigenvalue weighted by Gasteiger charge is 2.27. The standard InChI is InChI=1S/C11H13ClN2O2/c12-10-6-13-2-1-9(10)11(16)14-5-7-3-8(15)4-7/h1-2,6-8,15H,3-5H2,(H,14,16). The van der Waals surface area contributed by atoms with Crippen LogP contribution in [0.4, 0.5) is 0 Å². The maximum atomic E-state index is 11.7. The van der Waals surface area contributed by atoms with E-state index >= 15 is 0 Å². The Labute approximate surface area is 98.6 Å². The molecule has 1 heterocycles. The van der Waals surface area contributed by atoms with Gasteiger partial charge < -0.3 is 10.4 Å². The number of hydrogen-bond donors (Lipinski definition) is 2. The summed E-state index contributed by atoms with van der Waals surface area (Å²) in [5, 5.41) is 12.3. The number of amides is 1. The predicted octanol–water partition coefficient (Wildman–Crippen LogP) is 1.24. The number of carbonyl (C=O) groups excluding carboxylic acids is 1. The second-order valence-electron chi connectivity index (χ2n) is 4.06. The second kappa shape index (κ2) is 4.80. The average Bonchev–Trinajstić information content (AvgIpc) is 2.23. The number of hydrogen-bond acceptors (Lipinski definition) is 3. The van der Waals surface area contributed by atoms with Crippen molar-refractivity contribution in [2.75, 3.05) is 6.54 Å². The van der Waals surface area contributed by atoms with Gasteiger partial charge in [0.2, 0.25) is 0 Å². The van der Waals surface area contributed by atoms with Crippen molar-refractivity contribution in [3.63, 3.8) is 0 Å². The molecule has 0 saturated heterocycles. The van der Waals surface area contributed by atoms with Crippen molar-refractivity contribution in [2.24, 2.45) is 5.92 Å². The lowest BCUT2D eigenvalue weighted by atomic mass is 9.82. The summed E-state index contributed by atoms with van der Waals surface area (Å²) in [6.45, 7) is 0.592. The third-order valence-corrected chi connectivity index (χ3v) is 3.08. The van der Waals surface area contributed by atoms with E-state index in [0.717, 1.165) is 12.8 Å². The smallest absolute Gasteiger partial charge is 0.252 e. The maximum Gasteiger partial charge on any atom is 0.252 e. The van der Waals surface area contributed by atoms with Crippen LogP contribution in [0.15, 0.2) is 18.5 Å². The van der Waals surface area contributed by atoms with Crippen molar-refractivity contribution in [3.8, 4) is 0 Å². The minimum atomic E-state index is -0.189. The number of rotatable bonds is 3. The van der Waals surface area contributed by atoms with Crippen LogP contribution >= 0.6 is 11.6 Å². The molecule has 2 rings (SSSR count). The molecule has 1 fully saturated rings. The van der Waals surface area contributed by atoms with Crippen molar-refractivity contribution in [2.45, 2.75) is 18.9 Å². The number of aromatic nitrogens is 1. The van der Waals surface area contributed by atoms with E-state index in [1.165, 1.54) is 12.4 Å². The monoisotopic (exact) mass is 240 g/mol. The zero-order chi connectivity index (χ0) is 11.5. The van der Waals surface area contributed by atoms with Crippen molar-refractivity contribution in [1.29, 1.82) is 0 Å². The van der Waals surface area contributed by atoms with Crippen molar-refractivity contribution < 1.29 is 9.90 Å². The van der Waals surface area contributed by atoms with E-state index < -0.39 is 0 Å². The summed E-state index contributed by atoms with van der Waals surface area (Å²) in [6, 6.07) is 1.59. The van der Waals surface area contributed by atoms with Gasteiger partial charge in [-0.2, -0.15) is 0 Å². The Bertz CT molecular complexity index is 391. The minimum absolute atomic E-state index is 0.186. The quantitative estimate of drug-likeness (QED) is 0.836. The first kappa shape index (κ1) is 11.4. The lowest BCUT2D eigenvalue weighted by Gasteiger charge is -2.31. The highest BCUT2D eigenvalue weighted by atomic mass is 35.5. The number of aliphatic hydroxyl groups excluding tert-OH is 1. The van der Waals surface area contributed by atoms with E-state index in [1.54, 1.807) is 6.07 Å². The molecule has 0 atom stereocenters. The molecule has 4 nitrogen and oxygen atoms in total. The summed E-state index contributed by atoms with van der Waals surface area (Å²) in [4.78, 5) is 15.5. The molecule has 1 saturated carbocycles. The molecule has 0 spiro atoms. The first-order chi connectivity index (χ1) is 7.66. The van der Waals surface area contributed by atoms with Gasteiger partial charge in [0, 0.05) is 18.9 Å². The number of carbonyl (C=O) groups is 1. The Balaban J connectivity index is 1.86. The summed E-state index contributed by atoms with van der Waals surface area (Å²) in [6.07, 6.45) is 4.33. The van der Waals surface area contributed by atoms with Gasteiger partial charge in [0.15, 0.2) is 0 Å². The number of nitrogens with one attached hydrogen (secondary N) is 1. The molecule has 2 N–H and O–H groups in total. The molecule has 1 aliphatic carbocycles. The molecule has 0 unspecified atom stereocenters. The molecular formula is C11H13ClN2O2. The van der Waals surface area contributed by atoms with Gasteiger partial charge >= 0.3 is 0 Å². The van der Waals surface area contributed by atoms with Gasteiger partial charge in [-0.25, -0.2) is 0 Å². The van der Waals surface area contributed by atoms with Gasteiger partial charge in [0.1, 0.15) is 0 Å². The Morgan fingerprint density at radius 1 is 1.62 bits per heavy atom. The van der Waals surface area contributed by atoms with Gasteiger partial charge in [0.05, 0.1) is 16.7 Å². The molecule has 0 aliphatic heterocycles. The van der Waals surface area contributed by atoms with Gasteiger partial charge in [0.25, 0.3) is 5.91 Å². The molecule has 16 heavy (non-hydrogen) atoms. The summed E-state index contributed by atoms with van der Waals surface area (Å²) < 4.78 is 0. The van der Waals surface area contributed by atoms with Gasteiger partial charge in [-0.15, -0.1) is 0 Å². The number of halogens is 1. The van der Waals surface area contributed by atoms with Crippen LogP contribution in [-0.2, 0) is 0 Å². The third-order valence-electron chi connectivity index (χ3n) is 2.78. The first-order valence-electron chi connectivity index (χ1n) is 5.22. The molecule has 5 heteroatoms. The lowest BCUT2D eigenvalue weighted by molar-refractivity contribution is 0.0420. The van der Waals surface area contributed by atoms with Crippen LogP contribution in [0.5, 0.6) is 0 Å². The first-order valence-corrected chi connectivity index (χ1v) is 5.60. The summed E-state index contributed by atoms with van der Waals surface area (Å²) in [7, 11) is 0. The summed E-state index contributed by atoms with van der Waals surface area (Å²) >= 11 is 5.84. The van der Waals surface area contributed by atoms with E-state index in [0.29, 0.717) is 23.0 Å². The van der Waals surface area contributed by atoms with Gasteiger partial charge in [-0.05, 0) is 24.8 Å². The third kappa shape index (κ3) is 2.51. The fourth-order valence-corrected chi connectivity index (χ4v) is 1.96. The normalized spacial score (nSPS) is 23.6. The molecule has 0 bridgehead atoms. The van der Waals surface area contributed by atoms with Crippen LogP contribution < -0.4 is 5.32 Å². The van der Waals surface area contributed by atoms with E-state index in [4.69, 9.17) is 16.7 Å². The van der Waals surface area contributed by atoms with Crippen LogP contribution in [0, 0.1) is 5.92 Å². The molecule has 1 aliphatic rings. The fraction of sp³-hybridized carbons (Fsp3) is 0.455. The molecule has 86 valence electrons. The van der Waals surface area contributed by atoms with Crippen LogP contribution in [0.3, 0.4) is 0 Å². The van der Waals surface area contributed by atoms with Crippen LogP contribution in [0.2, 0.25) is 5.02 Å². The summed E-state index contributed by atoms with van der Waals surface area (Å²) in [5.41, 5.74) is 0.441. The zero-order valence-electron chi connectivity index (χ0n) is 8.69. The Morgan fingerprint density at radius 3 is 3.00 bits per heavy atom. The van der Waals surface area contributed by atoms with Crippen molar-refractivity contribution >= 4 is 17.5 Å². The van der Waals surface area contributed by atoms with Crippen LogP contribution in [0.1, 0.15) is 23.2 Å². The molecule has 1 aromatic rings. The van der Waals surface area contributed by atoms with Gasteiger partial charge in [-0.1, -0.05) is 11.6 Å². The van der Waals surface area contributed by atoms with Crippen LogP contribution in [0.25, 0.3) is 0 Å². The topological polar surface area (TPSA) is 62.2 Å². The Hall–Kier alpha value is -1.13. The van der Waals surface area contributed by atoms with E-state index in [2.05, 4.69) is 10.3 Å². The minimum Gasteiger partial charge on any atom is -0.393 e. The lowest BCUT2D eigenvalue weighted by Crippen LogP contribution is -2.38. The maximum absolute atomic E-state index is 11.7. The predicted molar refractivity (Wildman–Crippen MR) is 60.3 cm³/mol.